The molecule has 2 fully saturated rings. The molecule has 2 aliphatic rings. The zero-order valence-corrected chi connectivity index (χ0v) is 20.4. The smallest absolute Gasteiger partial charge is 0.190 e. The third-order valence-electron chi connectivity index (χ3n) is 6.24. The molecule has 0 bridgehead atoms. The van der Waals surface area contributed by atoms with Crippen molar-refractivity contribution in [1.82, 2.24) is 15.5 Å². The molecule has 1 heterocycles. The summed E-state index contributed by atoms with van der Waals surface area (Å²) in [5.74, 6) is 2.67. The van der Waals surface area contributed by atoms with Crippen molar-refractivity contribution >= 4 is 29.9 Å². The standard InChI is InChI=1S/C21H42N4O.HI/c1-18-14-19(2)16-25(15-18)12-6-5-11-23-20(22-3)24-17-21(8-7-9-21)10-13-26-4;/h18-19H,5-17H2,1-4H3,(H2,22,23,24);1H. The van der Waals surface area contributed by atoms with Crippen LogP contribution >= 0.6 is 24.0 Å². The molecule has 0 spiro atoms. The Balaban J connectivity index is 0.00000364. The first-order valence-electron chi connectivity index (χ1n) is 10.7. The molecule has 0 aromatic heterocycles. The topological polar surface area (TPSA) is 48.9 Å². The van der Waals surface area contributed by atoms with Gasteiger partial charge in [-0.05, 0) is 62.3 Å². The van der Waals surface area contributed by atoms with Gasteiger partial charge in [-0.15, -0.1) is 24.0 Å². The highest BCUT2D eigenvalue weighted by Gasteiger charge is 2.36. The first-order valence-corrected chi connectivity index (χ1v) is 10.7. The number of nitrogens with zero attached hydrogens (tertiary/aromatic N) is 2. The highest BCUT2D eigenvalue weighted by molar-refractivity contribution is 14.0. The van der Waals surface area contributed by atoms with Crippen LogP contribution in [0.5, 0.6) is 0 Å². The lowest BCUT2D eigenvalue weighted by molar-refractivity contribution is 0.0732. The average Bonchev–Trinajstić information content (AvgIpc) is 2.57. The highest BCUT2D eigenvalue weighted by Crippen LogP contribution is 2.43. The van der Waals surface area contributed by atoms with Crippen molar-refractivity contribution in [1.29, 1.82) is 0 Å². The lowest BCUT2D eigenvalue weighted by Crippen LogP contribution is -2.47. The largest absolute Gasteiger partial charge is 0.385 e. The van der Waals surface area contributed by atoms with Gasteiger partial charge in [-0.3, -0.25) is 4.99 Å². The van der Waals surface area contributed by atoms with E-state index >= 15 is 0 Å². The van der Waals surface area contributed by atoms with Crippen LogP contribution in [-0.2, 0) is 4.74 Å². The van der Waals surface area contributed by atoms with Crippen molar-refractivity contribution in [2.75, 3.05) is 53.5 Å². The summed E-state index contributed by atoms with van der Waals surface area (Å²) < 4.78 is 5.28. The van der Waals surface area contributed by atoms with Crippen molar-refractivity contribution in [3.63, 3.8) is 0 Å². The summed E-state index contributed by atoms with van der Waals surface area (Å²) >= 11 is 0. The second-order valence-electron chi connectivity index (χ2n) is 8.86. The van der Waals surface area contributed by atoms with Crippen LogP contribution < -0.4 is 10.6 Å². The van der Waals surface area contributed by atoms with Crippen LogP contribution in [-0.4, -0.2) is 64.3 Å². The van der Waals surface area contributed by atoms with Crippen LogP contribution in [0.15, 0.2) is 4.99 Å². The van der Waals surface area contributed by atoms with Gasteiger partial charge < -0.3 is 20.3 Å². The molecule has 6 heteroatoms. The molecule has 27 heavy (non-hydrogen) atoms. The maximum absolute atomic E-state index is 5.28. The van der Waals surface area contributed by atoms with Gasteiger partial charge in [-0.1, -0.05) is 20.3 Å². The molecule has 2 N–H and O–H groups in total. The van der Waals surface area contributed by atoms with Gasteiger partial charge in [0.25, 0.3) is 0 Å². The number of hydrogen-bond donors (Lipinski definition) is 2. The number of unbranched alkanes of at least 4 members (excludes halogenated alkanes) is 1. The van der Waals surface area contributed by atoms with E-state index in [0.717, 1.165) is 43.9 Å². The van der Waals surface area contributed by atoms with Crippen molar-refractivity contribution in [3.05, 3.63) is 0 Å². The summed E-state index contributed by atoms with van der Waals surface area (Å²) in [7, 11) is 3.67. The molecule has 1 aliphatic heterocycles. The van der Waals surface area contributed by atoms with E-state index in [2.05, 4.69) is 34.4 Å². The van der Waals surface area contributed by atoms with E-state index in [1.54, 1.807) is 7.11 Å². The first-order chi connectivity index (χ1) is 12.6. The summed E-state index contributed by atoms with van der Waals surface area (Å²) in [6.07, 6.45) is 8.99. The predicted octanol–water partition coefficient (Wildman–Crippen LogP) is 3.73. The Hall–Kier alpha value is -0.0800. The quantitative estimate of drug-likeness (QED) is 0.210. The third kappa shape index (κ3) is 8.86. The van der Waals surface area contributed by atoms with Crippen molar-refractivity contribution in [3.8, 4) is 0 Å². The number of ether oxygens (including phenoxy) is 1. The van der Waals surface area contributed by atoms with Gasteiger partial charge >= 0.3 is 0 Å². The molecular formula is C21H43IN4O. The Kier molecular flexibility index (Phi) is 12.2. The summed E-state index contributed by atoms with van der Waals surface area (Å²) in [6.45, 7) is 11.5. The number of hydrogen-bond acceptors (Lipinski definition) is 3. The minimum Gasteiger partial charge on any atom is -0.385 e. The maximum Gasteiger partial charge on any atom is 0.190 e. The molecule has 2 atom stereocenters. The minimum absolute atomic E-state index is 0. The van der Waals surface area contributed by atoms with Gasteiger partial charge in [0.05, 0.1) is 0 Å². The number of nitrogens with one attached hydrogen (secondary N) is 2. The Labute approximate surface area is 184 Å². The van der Waals surface area contributed by atoms with Gasteiger partial charge in [-0.25, -0.2) is 0 Å². The highest BCUT2D eigenvalue weighted by atomic mass is 127. The molecule has 160 valence electrons. The van der Waals surface area contributed by atoms with Crippen molar-refractivity contribution < 1.29 is 4.74 Å². The molecular weight excluding hydrogens is 451 g/mol. The van der Waals surface area contributed by atoms with E-state index in [0.29, 0.717) is 5.41 Å². The van der Waals surface area contributed by atoms with Gasteiger partial charge in [0.2, 0.25) is 0 Å². The number of piperidine rings is 1. The van der Waals surface area contributed by atoms with Crippen LogP contribution in [0.2, 0.25) is 0 Å². The molecule has 0 amide bonds. The van der Waals surface area contributed by atoms with Crippen molar-refractivity contribution in [2.45, 2.75) is 58.8 Å². The number of likely N-dealkylation sites (tertiary alicyclic amines) is 1. The number of rotatable bonds is 10. The van der Waals surface area contributed by atoms with E-state index in [1.165, 1.54) is 58.2 Å². The van der Waals surface area contributed by atoms with Crippen LogP contribution in [0.3, 0.4) is 0 Å². The van der Waals surface area contributed by atoms with Crippen LogP contribution in [0, 0.1) is 17.3 Å². The van der Waals surface area contributed by atoms with E-state index in [1.807, 2.05) is 7.05 Å². The molecule has 5 nitrogen and oxygen atoms in total. The number of methoxy groups -OCH3 is 1. The second kappa shape index (κ2) is 13.2. The Bertz CT molecular complexity index is 418. The summed E-state index contributed by atoms with van der Waals surface area (Å²) in [4.78, 5) is 7.04. The molecule has 2 rings (SSSR count). The van der Waals surface area contributed by atoms with Gasteiger partial charge in [0.1, 0.15) is 0 Å². The van der Waals surface area contributed by atoms with E-state index in [-0.39, 0.29) is 24.0 Å². The zero-order valence-electron chi connectivity index (χ0n) is 18.1. The zero-order chi connectivity index (χ0) is 18.8. The first kappa shape index (κ1) is 25.0. The monoisotopic (exact) mass is 494 g/mol. The lowest BCUT2D eigenvalue weighted by Gasteiger charge is -2.42. The average molecular weight is 495 g/mol. The fraction of sp³-hybridized carbons (Fsp3) is 0.952. The normalized spacial score (nSPS) is 25.4. The molecule has 0 aromatic rings. The van der Waals surface area contributed by atoms with Gasteiger partial charge in [0.15, 0.2) is 5.96 Å². The van der Waals surface area contributed by atoms with E-state index in [9.17, 15) is 0 Å². The van der Waals surface area contributed by atoms with Gasteiger partial charge in [0, 0.05) is 46.9 Å². The number of halogens is 1. The second-order valence-corrected chi connectivity index (χ2v) is 8.86. The van der Waals surface area contributed by atoms with Gasteiger partial charge in [-0.2, -0.15) is 0 Å². The Morgan fingerprint density at radius 2 is 1.85 bits per heavy atom. The Morgan fingerprint density at radius 3 is 2.41 bits per heavy atom. The Morgan fingerprint density at radius 1 is 1.15 bits per heavy atom. The maximum atomic E-state index is 5.28. The minimum atomic E-state index is 0. The van der Waals surface area contributed by atoms with Crippen molar-refractivity contribution in [2.24, 2.45) is 22.2 Å². The fourth-order valence-corrected chi connectivity index (χ4v) is 4.64. The lowest BCUT2D eigenvalue weighted by atomic mass is 9.67. The third-order valence-corrected chi connectivity index (χ3v) is 6.24. The molecule has 1 saturated heterocycles. The summed E-state index contributed by atoms with van der Waals surface area (Å²) in [5, 5.41) is 7.04. The molecule has 0 aromatic carbocycles. The van der Waals surface area contributed by atoms with E-state index < -0.39 is 0 Å². The number of aliphatic imine (C=N–C) groups is 1. The summed E-state index contributed by atoms with van der Waals surface area (Å²) in [5.41, 5.74) is 0.426. The predicted molar refractivity (Wildman–Crippen MR) is 126 cm³/mol. The van der Waals surface area contributed by atoms with Crippen LogP contribution in [0.1, 0.15) is 58.8 Å². The molecule has 1 saturated carbocycles. The van der Waals surface area contributed by atoms with E-state index in [4.69, 9.17) is 4.74 Å². The fourth-order valence-electron chi connectivity index (χ4n) is 4.64. The summed E-state index contributed by atoms with van der Waals surface area (Å²) in [6, 6.07) is 0. The molecule has 1 aliphatic carbocycles. The molecule has 0 radical (unpaired) electrons. The molecule has 2 unspecified atom stereocenters. The SMILES string of the molecule is CN=C(NCCCCN1CC(C)CC(C)C1)NCC1(CCOC)CCC1.I. The number of guanidine groups is 1. The van der Waals surface area contributed by atoms with Crippen LogP contribution in [0.25, 0.3) is 0 Å². The van der Waals surface area contributed by atoms with Crippen LogP contribution in [0.4, 0.5) is 0 Å².